The van der Waals surface area contributed by atoms with E-state index in [1.807, 2.05) is 0 Å². The minimum absolute atomic E-state index is 0.158. The Hall–Kier alpha value is -1.88. The lowest BCUT2D eigenvalue weighted by Gasteiger charge is -1.92. The average Bonchev–Trinajstić information content (AvgIpc) is 3.03. The Morgan fingerprint density at radius 3 is 2.85 bits per heavy atom. The molecular formula is C10H8O8P2+2. The van der Waals surface area contributed by atoms with Crippen molar-refractivity contribution in [2.75, 3.05) is 0 Å². The third kappa shape index (κ3) is 2.99. The van der Waals surface area contributed by atoms with Crippen LogP contribution in [0, 0.1) is 0 Å². The van der Waals surface area contributed by atoms with Gasteiger partial charge in [0.05, 0.1) is 12.7 Å². The zero-order valence-corrected chi connectivity index (χ0v) is 11.7. The van der Waals surface area contributed by atoms with E-state index in [-0.39, 0.29) is 24.5 Å². The van der Waals surface area contributed by atoms with E-state index in [0.29, 0.717) is 11.5 Å². The highest BCUT2D eigenvalue weighted by Crippen LogP contribution is 2.39. The van der Waals surface area contributed by atoms with Crippen LogP contribution in [0.5, 0.6) is 5.75 Å². The summed E-state index contributed by atoms with van der Waals surface area (Å²) < 4.78 is 53.3. The Morgan fingerprint density at radius 2 is 1.95 bits per heavy atom. The van der Waals surface area contributed by atoms with Gasteiger partial charge in [0.25, 0.3) is 0 Å². The van der Waals surface area contributed by atoms with Crippen LogP contribution in [0.4, 0.5) is 0 Å². The van der Waals surface area contributed by atoms with Gasteiger partial charge in [-0.3, -0.25) is 0 Å². The highest BCUT2D eigenvalue weighted by Gasteiger charge is 2.33. The Bertz CT molecular complexity index is 617. The Kier molecular flexibility index (Phi) is 3.69. The van der Waals surface area contributed by atoms with Crippen LogP contribution in [-0.2, 0) is 34.0 Å². The van der Waals surface area contributed by atoms with E-state index in [4.69, 9.17) is 27.2 Å². The van der Waals surface area contributed by atoms with Crippen molar-refractivity contribution in [3.05, 3.63) is 42.1 Å². The normalized spacial score (nSPS) is 25.0. The van der Waals surface area contributed by atoms with E-state index < -0.39 is 16.5 Å². The molecule has 1 aromatic heterocycles. The van der Waals surface area contributed by atoms with Crippen molar-refractivity contribution in [3.63, 3.8) is 0 Å². The molecule has 104 valence electrons. The van der Waals surface area contributed by atoms with Crippen LogP contribution in [0.1, 0.15) is 12.2 Å². The van der Waals surface area contributed by atoms with E-state index in [2.05, 4.69) is 0 Å². The SMILES string of the molecule is O=[P+]1OCc2occc2O[P+](=O)O/C=C2\CC(=CO2)O1. The number of hydrogen-bond donors (Lipinski definition) is 0. The number of fused-ring (bicyclic) bond motifs is 3. The summed E-state index contributed by atoms with van der Waals surface area (Å²) in [5.74, 6) is 1.07. The molecule has 1 aromatic rings. The Morgan fingerprint density at radius 1 is 1.05 bits per heavy atom. The molecule has 0 aromatic carbocycles. The highest BCUT2D eigenvalue weighted by atomic mass is 31.1. The Labute approximate surface area is 114 Å². The van der Waals surface area contributed by atoms with Crippen LogP contribution < -0.4 is 4.52 Å². The summed E-state index contributed by atoms with van der Waals surface area (Å²) in [6, 6.07) is 1.45. The summed E-state index contributed by atoms with van der Waals surface area (Å²) in [6.45, 7) is -0.158. The fraction of sp³-hybridized carbons (Fsp3) is 0.200. The minimum Gasteiger partial charge on any atom is -0.462 e. The Balaban J connectivity index is 1.82. The smallest absolute Gasteiger partial charge is 0.462 e. The van der Waals surface area contributed by atoms with Crippen molar-refractivity contribution in [3.8, 4) is 5.75 Å². The second-order valence-electron chi connectivity index (χ2n) is 3.68. The lowest BCUT2D eigenvalue weighted by molar-refractivity contribution is 0.228. The van der Waals surface area contributed by atoms with Crippen LogP contribution in [0.25, 0.3) is 0 Å². The van der Waals surface area contributed by atoms with E-state index in [9.17, 15) is 9.13 Å². The van der Waals surface area contributed by atoms with Crippen LogP contribution in [-0.4, -0.2) is 0 Å². The summed E-state index contributed by atoms with van der Waals surface area (Å²) >= 11 is 0. The third-order valence-electron chi connectivity index (χ3n) is 2.33. The van der Waals surface area contributed by atoms with Gasteiger partial charge >= 0.3 is 16.5 Å². The average molecular weight is 318 g/mol. The summed E-state index contributed by atoms with van der Waals surface area (Å²) in [4.78, 5) is 0. The second kappa shape index (κ2) is 5.63. The first-order valence-electron chi connectivity index (χ1n) is 5.42. The number of hydrogen-bond acceptors (Lipinski definition) is 8. The molecule has 0 amide bonds. The number of furan rings is 1. The summed E-state index contributed by atoms with van der Waals surface area (Å²) in [5.41, 5.74) is 0. The van der Waals surface area contributed by atoms with Gasteiger partial charge in [-0.25, -0.2) is 13.6 Å². The van der Waals surface area contributed by atoms with Crippen molar-refractivity contribution < 1.29 is 36.4 Å². The van der Waals surface area contributed by atoms with Crippen molar-refractivity contribution in [1.29, 1.82) is 0 Å². The van der Waals surface area contributed by atoms with Crippen molar-refractivity contribution in [2.24, 2.45) is 0 Å². The molecule has 2 aliphatic rings. The predicted octanol–water partition coefficient (Wildman–Crippen LogP) is 3.64. The zero-order chi connectivity index (χ0) is 13.9. The van der Waals surface area contributed by atoms with Gasteiger partial charge in [-0.2, -0.15) is 0 Å². The van der Waals surface area contributed by atoms with Crippen molar-refractivity contribution in [2.45, 2.75) is 13.0 Å². The number of ether oxygens (including phenoxy) is 1. The molecule has 0 saturated carbocycles. The molecular weight excluding hydrogens is 310 g/mol. The van der Waals surface area contributed by atoms with Crippen LogP contribution in [0.2, 0.25) is 0 Å². The molecule has 8 nitrogen and oxygen atoms in total. The molecule has 2 unspecified atom stereocenters. The molecule has 0 radical (unpaired) electrons. The summed E-state index contributed by atoms with van der Waals surface area (Å²) in [6.07, 6.45) is 3.96. The predicted molar refractivity (Wildman–Crippen MR) is 63.4 cm³/mol. The summed E-state index contributed by atoms with van der Waals surface area (Å²) in [5, 5.41) is 0. The van der Waals surface area contributed by atoms with E-state index >= 15 is 0 Å². The quantitative estimate of drug-likeness (QED) is 0.669. The first-order valence-corrected chi connectivity index (χ1v) is 7.61. The molecule has 2 bridgehead atoms. The van der Waals surface area contributed by atoms with Gasteiger partial charge in [0.15, 0.2) is 24.4 Å². The summed E-state index contributed by atoms with van der Waals surface area (Å²) in [7, 11) is -4.82. The molecule has 2 atom stereocenters. The molecule has 3 heterocycles. The van der Waals surface area contributed by atoms with Crippen LogP contribution >= 0.6 is 16.5 Å². The topological polar surface area (TPSA) is 93.4 Å². The van der Waals surface area contributed by atoms with Gasteiger partial charge in [0.2, 0.25) is 11.5 Å². The highest BCUT2D eigenvalue weighted by molar-refractivity contribution is 7.34. The fourth-order valence-electron chi connectivity index (χ4n) is 1.47. The molecule has 0 fully saturated rings. The van der Waals surface area contributed by atoms with E-state index in [1.54, 1.807) is 0 Å². The van der Waals surface area contributed by atoms with Gasteiger partial charge < -0.3 is 9.15 Å². The van der Waals surface area contributed by atoms with Gasteiger partial charge in [0, 0.05) is 15.2 Å². The van der Waals surface area contributed by atoms with Gasteiger partial charge in [-0.05, 0) is 0 Å². The third-order valence-corrected chi connectivity index (χ3v) is 3.68. The van der Waals surface area contributed by atoms with E-state index in [1.165, 1.54) is 18.6 Å². The molecule has 3 rings (SSSR count). The zero-order valence-electron chi connectivity index (χ0n) is 9.88. The molecule has 0 saturated heterocycles. The van der Waals surface area contributed by atoms with Gasteiger partial charge in [0.1, 0.15) is 6.26 Å². The molecule has 0 aliphatic carbocycles. The maximum atomic E-state index is 11.6. The lowest BCUT2D eigenvalue weighted by atomic mass is 10.4. The monoisotopic (exact) mass is 318 g/mol. The molecule has 0 N–H and O–H groups in total. The van der Waals surface area contributed by atoms with Crippen molar-refractivity contribution >= 4 is 16.5 Å². The molecule has 0 spiro atoms. The molecule has 20 heavy (non-hydrogen) atoms. The fourth-order valence-corrected chi connectivity index (χ4v) is 2.62. The van der Waals surface area contributed by atoms with Crippen LogP contribution in [0.15, 0.2) is 40.8 Å². The van der Waals surface area contributed by atoms with Gasteiger partial charge in [-0.15, -0.1) is 4.52 Å². The van der Waals surface area contributed by atoms with E-state index in [0.717, 1.165) is 6.26 Å². The van der Waals surface area contributed by atoms with Crippen molar-refractivity contribution in [1.82, 2.24) is 0 Å². The standard InChI is InChI=1S/C10H8O8P2/c11-19-16-6-10-9(1-2-13-10)18-20(12)15-5-7-3-8(17-19)4-14-7/h1-2,4-5H,3,6H2/q+2/b7-5+. The molecule has 2 aliphatic heterocycles. The lowest BCUT2D eigenvalue weighted by Crippen LogP contribution is -1.89. The first-order chi connectivity index (χ1) is 9.70. The number of rotatable bonds is 0. The molecule has 10 heteroatoms. The largest absolute Gasteiger partial charge is 0.805 e. The minimum atomic E-state index is -2.44. The maximum absolute atomic E-state index is 11.6. The maximum Gasteiger partial charge on any atom is 0.805 e. The van der Waals surface area contributed by atoms with Crippen LogP contribution in [0.3, 0.4) is 0 Å². The van der Waals surface area contributed by atoms with Gasteiger partial charge in [-0.1, -0.05) is 0 Å². The first kappa shape index (κ1) is 13.1. The second-order valence-corrected chi connectivity index (χ2v) is 5.41.